The molecule has 1 aromatic carbocycles. The molecule has 19 heavy (non-hydrogen) atoms. The predicted octanol–water partition coefficient (Wildman–Crippen LogP) is 2.63. The van der Waals surface area contributed by atoms with Gasteiger partial charge in [-0.15, -0.1) is 12.4 Å². The quantitative estimate of drug-likeness (QED) is 0.873. The van der Waals surface area contributed by atoms with Crippen LogP contribution in [-0.2, 0) is 11.2 Å². The van der Waals surface area contributed by atoms with E-state index >= 15 is 0 Å². The van der Waals surface area contributed by atoms with E-state index in [1.165, 1.54) is 5.56 Å². The Labute approximate surface area is 122 Å². The first-order chi connectivity index (χ1) is 8.60. The molecule has 0 fully saturated rings. The zero-order chi connectivity index (χ0) is 13.5. The molecule has 0 heterocycles. The third-order valence-corrected chi connectivity index (χ3v) is 3.24. The van der Waals surface area contributed by atoms with Crippen molar-refractivity contribution in [2.24, 2.45) is 5.73 Å². The van der Waals surface area contributed by atoms with E-state index in [-0.39, 0.29) is 24.4 Å². The second-order valence-corrected chi connectivity index (χ2v) is 4.66. The zero-order valence-electron chi connectivity index (χ0n) is 12.0. The molecular formula is C15H25ClN2O. The molecule has 3 nitrogen and oxygen atoms in total. The molecule has 1 aromatic rings. The van der Waals surface area contributed by atoms with Crippen LogP contribution < -0.4 is 5.73 Å². The summed E-state index contributed by atoms with van der Waals surface area (Å²) in [5.74, 6) is 0.0419. The van der Waals surface area contributed by atoms with Gasteiger partial charge in [0.15, 0.2) is 0 Å². The molecule has 0 aromatic heterocycles. The van der Waals surface area contributed by atoms with Crippen molar-refractivity contribution in [3.8, 4) is 0 Å². The molecule has 0 radical (unpaired) electrons. The number of rotatable bonds is 6. The largest absolute Gasteiger partial charge is 0.338 e. The molecule has 2 N–H and O–H groups in total. The topological polar surface area (TPSA) is 46.3 Å². The Kier molecular flexibility index (Phi) is 8.44. The maximum absolute atomic E-state index is 12.1. The number of nitrogens with zero attached hydrogens (tertiary/aromatic N) is 1. The minimum Gasteiger partial charge on any atom is -0.338 e. The van der Waals surface area contributed by atoms with E-state index in [2.05, 4.69) is 19.1 Å². The van der Waals surface area contributed by atoms with Crippen LogP contribution in [0.5, 0.6) is 0 Å². The summed E-state index contributed by atoms with van der Waals surface area (Å²) in [5.41, 5.74) is 6.97. The van der Waals surface area contributed by atoms with Gasteiger partial charge >= 0.3 is 0 Å². The Morgan fingerprint density at radius 1 is 1.26 bits per heavy atom. The van der Waals surface area contributed by atoms with E-state index in [1.807, 2.05) is 30.0 Å². The van der Waals surface area contributed by atoms with Gasteiger partial charge in [0.05, 0.1) is 6.04 Å². The number of carbonyl (C=O) groups excluding carboxylic acids is 1. The number of nitrogens with two attached hydrogens (primary N) is 1. The number of likely N-dealkylation sites (N-methyl/N-ethyl adjacent to an activating group) is 1. The van der Waals surface area contributed by atoms with Crippen LogP contribution in [0.15, 0.2) is 30.3 Å². The molecule has 0 bridgehead atoms. The fraction of sp³-hybridized carbons (Fsp3) is 0.533. The van der Waals surface area contributed by atoms with Crippen molar-refractivity contribution in [3.63, 3.8) is 0 Å². The average Bonchev–Trinajstić information content (AvgIpc) is 2.39. The summed E-state index contributed by atoms with van der Waals surface area (Å²) in [7, 11) is 0. The van der Waals surface area contributed by atoms with Crippen LogP contribution in [0, 0.1) is 0 Å². The van der Waals surface area contributed by atoms with Gasteiger partial charge in [-0.25, -0.2) is 0 Å². The molecule has 4 heteroatoms. The lowest BCUT2D eigenvalue weighted by atomic mass is 10.0. The molecule has 2 atom stereocenters. The Morgan fingerprint density at radius 3 is 2.26 bits per heavy atom. The standard InChI is InChI=1S/C15H24N2O.ClH/c1-4-14(11-13-9-7-6-8-10-13)17(5-2)15(18)12(3)16;/h6-10,12,14H,4-5,11,16H2,1-3H3;1H/t12-,14?;/m0./s1. The van der Waals surface area contributed by atoms with E-state index in [9.17, 15) is 4.79 Å². The van der Waals surface area contributed by atoms with Crippen LogP contribution in [0.25, 0.3) is 0 Å². The highest BCUT2D eigenvalue weighted by molar-refractivity contribution is 5.85. The Hall–Kier alpha value is -1.06. The molecule has 0 saturated carbocycles. The molecule has 1 rings (SSSR count). The van der Waals surface area contributed by atoms with E-state index < -0.39 is 6.04 Å². The van der Waals surface area contributed by atoms with Gasteiger partial charge < -0.3 is 10.6 Å². The van der Waals surface area contributed by atoms with Gasteiger partial charge in [0, 0.05) is 12.6 Å². The predicted molar refractivity (Wildman–Crippen MR) is 82.5 cm³/mol. The van der Waals surface area contributed by atoms with Crippen molar-refractivity contribution < 1.29 is 4.79 Å². The Balaban J connectivity index is 0.00000324. The molecule has 1 amide bonds. The van der Waals surface area contributed by atoms with Crippen LogP contribution in [0.2, 0.25) is 0 Å². The Morgan fingerprint density at radius 2 is 1.84 bits per heavy atom. The number of amides is 1. The summed E-state index contributed by atoms with van der Waals surface area (Å²) in [6.07, 6.45) is 1.84. The first kappa shape index (κ1) is 17.9. The van der Waals surface area contributed by atoms with Crippen molar-refractivity contribution in [1.82, 2.24) is 4.90 Å². The normalized spacial score (nSPS) is 13.3. The van der Waals surface area contributed by atoms with E-state index in [0.717, 1.165) is 12.8 Å². The average molecular weight is 285 g/mol. The summed E-state index contributed by atoms with van der Waals surface area (Å²) in [4.78, 5) is 14.0. The van der Waals surface area contributed by atoms with Gasteiger partial charge in [-0.2, -0.15) is 0 Å². The van der Waals surface area contributed by atoms with Crippen molar-refractivity contribution in [2.75, 3.05) is 6.54 Å². The molecule has 0 saturated heterocycles. The molecular weight excluding hydrogens is 260 g/mol. The van der Waals surface area contributed by atoms with Crippen LogP contribution in [0.1, 0.15) is 32.8 Å². The number of hydrogen-bond acceptors (Lipinski definition) is 2. The highest BCUT2D eigenvalue weighted by Gasteiger charge is 2.23. The lowest BCUT2D eigenvalue weighted by molar-refractivity contribution is -0.134. The number of benzene rings is 1. The summed E-state index contributed by atoms with van der Waals surface area (Å²) >= 11 is 0. The fourth-order valence-electron chi connectivity index (χ4n) is 2.22. The first-order valence-electron chi connectivity index (χ1n) is 6.70. The molecule has 0 aliphatic heterocycles. The molecule has 0 aliphatic rings. The van der Waals surface area contributed by atoms with Gasteiger partial charge in [0.2, 0.25) is 5.91 Å². The third-order valence-electron chi connectivity index (χ3n) is 3.24. The van der Waals surface area contributed by atoms with Gasteiger partial charge in [0.1, 0.15) is 0 Å². The van der Waals surface area contributed by atoms with Crippen LogP contribution in [0.3, 0.4) is 0 Å². The van der Waals surface area contributed by atoms with Crippen LogP contribution in [0.4, 0.5) is 0 Å². The van der Waals surface area contributed by atoms with Gasteiger partial charge in [-0.3, -0.25) is 4.79 Å². The zero-order valence-corrected chi connectivity index (χ0v) is 12.8. The lowest BCUT2D eigenvalue weighted by Gasteiger charge is -2.31. The highest BCUT2D eigenvalue weighted by atomic mass is 35.5. The van der Waals surface area contributed by atoms with E-state index in [0.29, 0.717) is 6.54 Å². The summed E-state index contributed by atoms with van der Waals surface area (Å²) in [6, 6.07) is 10.1. The number of hydrogen-bond donors (Lipinski definition) is 1. The number of carbonyl (C=O) groups is 1. The molecule has 108 valence electrons. The minimum atomic E-state index is -0.422. The molecule has 1 unspecified atom stereocenters. The lowest BCUT2D eigenvalue weighted by Crippen LogP contribution is -2.48. The smallest absolute Gasteiger partial charge is 0.239 e. The van der Waals surface area contributed by atoms with Crippen molar-refractivity contribution in [2.45, 2.75) is 45.7 Å². The van der Waals surface area contributed by atoms with E-state index in [1.54, 1.807) is 6.92 Å². The fourth-order valence-corrected chi connectivity index (χ4v) is 2.22. The van der Waals surface area contributed by atoms with Crippen molar-refractivity contribution >= 4 is 18.3 Å². The molecule has 0 spiro atoms. The Bertz CT molecular complexity index is 368. The maximum Gasteiger partial charge on any atom is 0.239 e. The monoisotopic (exact) mass is 284 g/mol. The molecule has 0 aliphatic carbocycles. The SMILES string of the molecule is CCC(Cc1ccccc1)N(CC)C(=O)[C@H](C)N.Cl. The van der Waals surface area contributed by atoms with Gasteiger partial charge in [-0.1, -0.05) is 37.3 Å². The second kappa shape index (κ2) is 8.94. The summed E-state index contributed by atoms with van der Waals surface area (Å²) in [6.45, 7) is 6.59. The second-order valence-electron chi connectivity index (χ2n) is 4.66. The number of halogens is 1. The highest BCUT2D eigenvalue weighted by Crippen LogP contribution is 2.13. The van der Waals surface area contributed by atoms with Crippen molar-refractivity contribution in [1.29, 1.82) is 0 Å². The van der Waals surface area contributed by atoms with Gasteiger partial charge in [0.25, 0.3) is 0 Å². The van der Waals surface area contributed by atoms with Gasteiger partial charge in [-0.05, 0) is 32.3 Å². The minimum absolute atomic E-state index is 0. The van der Waals surface area contributed by atoms with Crippen molar-refractivity contribution in [3.05, 3.63) is 35.9 Å². The first-order valence-corrected chi connectivity index (χ1v) is 6.70. The third kappa shape index (κ3) is 5.21. The van der Waals surface area contributed by atoms with Crippen LogP contribution >= 0.6 is 12.4 Å². The van der Waals surface area contributed by atoms with E-state index in [4.69, 9.17) is 5.73 Å². The van der Waals surface area contributed by atoms with Crippen LogP contribution in [-0.4, -0.2) is 29.4 Å². The maximum atomic E-state index is 12.1. The summed E-state index contributed by atoms with van der Waals surface area (Å²) in [5, 5.41) is 0. The summed E-state index contributed by atoms with van der Waals surface area (Å²) < 4.78 is 0.